The predicted octanol–water partition coefficient (Wildman–Crippen LogP) is 3.68. The highest BCUT2D eigenvalue weighted by atomic mass is 32.1. The summed E-state index contributed by atoms with van der Waals surface area (Å²) in [5.41, 5.74) is 0.408. The van der Waals surface area contributed by atoms with Crippen LogP contribution < -0.4 is 5.32 Å². The fourth-order valence-electron chi connectivity index (χ4n) is 1.14. The van der Waals surface area contributed by atoms with Crippen LogP contribution in [0.2, 0.25) is 0 Å². The molecule has 0 aliphatic rings. The van der Waals surface area contributed by atoms with Crippen LogP contribution >= 0.6 is 11.5 Å². The maximum atomic E-state index is 4.50. The third-order valence-corrected chi connectivity index (χ3v) is 2.92. The molecule has 1 rings (SSSR count). The molecule has 92 valence electrons. The molecule has 0 saturated carbocycles. The van der Waals surface area contributed by atoms with Gasteiger partial charge in [0.05, 0.1) is 0 Å². The van der Waals surface area contributed by atoms with E-state index in [-0.39, 0.29) is 5.41 Å². The van der Waals surface area contributed by atoms with E-state index in [4.69, 9.17) is 0 Å². The van der Waals surface area contributed by atoms with E-state index < -0.39 is 0 Å². The quantitative estimate of drug-likeness (QED) is 0.877. The van der Waals surface area contributed by atoms with Crippen molar-refractivity contribution in [3.8, 4) is 0 Å². The molecule has 16 heavy (non-hydrogen) atoms. The van der Waals surface area contributed by atoms with Crippen molar-refractivity contribution < 1.29 is 0 Å². The van der Waals surface area contributed by atoms with Gasteiger partial charge >= 0.3 is 0 Å². The Balaban J connectivity index is 2.48. The maximum absolute atomic E-state index is 4.50. The first-order chi connectivity index (χ1) is 7.18. The van der Waals surface area contributed by atoms with Crippen LogP contribution in [0.5, 0.6) is 0 Å². The third-order valence-electron chi connectivity index (χ3n) is 2.25. The molecule has 1 aromatic rings. The van der Waals surface area contributed by atoms with Crippen LogP contribution in [0.25, 0.3) is 0 Å². The second kappa shape index (κ2) is 4.70. The van der Waals surface area contributed by atoms with Crippen molar-refractivity contribution in [3.63, 3.8) is 0 Å². The van der Waals surface area contributed by atoms with E-state index in [0.717, 1.165) is 23.9 Å². The van der Waals surface area contributed by atoms with Gasteiger partial charge in [0.2, 0.25) is 5.13 Å². The van der Waals surface area contributed by atoms with Crippen molar-refractivity contribution >= 4 is 16.7 Å². The minimum Gasteiger partial charge on any atom is -0.360 e. The molecule has 0 saturated heterocycles. The van der Waals surface area contributed by atoms with Crippen molar-refractivity contribution in [1.29, 1.82) is 0 Å². The molecule has 0 fully saturated rings. The van der Waals surface area contributed by atoms with Crippen LogP contribution in [-0.4, -0.2) is 15.9 Å². The molecular weight excluding hydrogens is 218 g/mol. The van der Waals surface area contributed by atoms with Crippen LogP contribution in [0.3, 0.4) is 0 Å². The Morgan fingerprint density at radius 2 is 1.75 bits per heavy atom. The Kier molecular flexibility index (Phi) is 3.94. The molecule has 1 aromatic heterocycles. The van der Waals surface area contributed by atoms with Gasteiger partial charge in [-0.3, -0.25) is 0 Å². The summed E-state index contributed by atoms with van der Waals surface area (Å²) in [5.74, 6) is 0.927. The van der Waals surface area contributed by atoms with Gasteiger partial charge in [-0.2, -0.15) is 4.37 Å². The molecule has 0 radical (unpaired) electrons. The van der Waals surface area contributed by atoms with Gasteiger partial charge in [0.25, 0.3) is 0 Å². The average molecular weight is 241 g/mol. The first-order valence-electron chi connectivity index (χ1n) is 5.76. The summed E-state index contributed by atoms with van der Waals surface area (Å²) >= 11 is 1.45. The molecule has 0 spiro atoms. The fourth-order valence-corrected chi connectivity index (χ4v) is 1.93. The summed E-state index contributed by atoms with van der Waals surface area (Å²) in [5, 5.41) is 4.28. The number of nitrogens with zero attached hydrogens (tertiary/aromatic N) is 2. The molecule has 0 unspecified atom stereocenters. The lowest BCUT2D eigenvalue weighted by Gasteiger charge is -2.17. The van der Waals surface area contributed by atoms with Crippen molar-refractivity contribution in [2.75, 3.05) is 11.9 Å². The summed E-state index contributed by atoms with van der Waals surface area (Å²) in [6, 6.07) is 0. The molecule has 0 aromatic carbocycles. The summed E-state index contributed by atoms with van der Waals surface area (Å²) in [6.07, 6.45) is 1.14. The molecule has 0 bridgehead atoms. The highest BCUT2D eigenvalue weighted by Crippen LogP contribution is 2.23. The topological polar surface area (TPSA) is 37.8 Å². The van der Waals surface area contributed by atoms with Gasteiger partial charge < -0.3 is 5.32 Å². The molecule has 3 nitrogen and oxygen atoms in total. The first kappa shape index (κ1) is 13.4. The number of anilines is 1. The predicted molar refractivity (Wildman–Crippen MR) is 71.2 cm³/mol. The molecule has 1 heterocycles. The largest absolute Gasteiger partial charge is 0.360 e. The number of nitrogens with one attached hydrogen (secondary N) is 1. The van der Waals surface area contributed by atoms with Gasteiger partial charge in [-0.25, -0.2) is 4.98 Å². The Labute approximate surface area is 103 Å². The zero-order valence-corrected chi connectivity index (χ0v) is 12.0. The number of rotatable bonds is 3. The Morgan fingerprint density at radius 3 is 2.19 bits per heavy atom. The number of aromatic nitrogens is 2. The van der Waals surface area contributed by atoms with E-state index in [1.54, 1.807) is 0 Å². The van der Waals surface area contributed by atoms with Crippen molar-refractivity contribution in [3.05, 3.63) is 5.82 Å². The van der Waals surface area contributed by atoms with Crippen LogP contribution in [0, 0.1) is 5.41 Å². The smallest absolute Gasteiger partial charge is 0.202 e. The monoisotopic (exact) mass is 241 g/mol. The van der Waals surface area contributed by atoms with Gasteiger partial charge in [-0.05, 0) is 11.8 Å². The average Bonchev–Trinajstić information content (AvgIpc) is 2.49. The Hall–Kier alpha value is -0.640. The summed E-state index contributed by atoms with van der Waals surface area (Å²) in [7, 11) is 0. The van der Waals surface area contributed by atoms with Crippen molar-refractivity contribution in [2.45, 2.75) is 53.4 Å². The SMILES string of the molecule is CC(C)(C)CCNc1nc(C(C)(C)C)ns1. The normalized spacial score (nSPS) is 12.9. The van der Waals surface area contributed by atoms with Crippen LogP contribution in [0.15, 0.2) is 0 Å². The minimum absolute atomic E-state index is 0.0421. The van der Waals surface area contributed by atoms with E-state index >= 15 is 0 Å². The Bertz CT molecular complexity index is 331. The van der Waals surface area contributed by atoms with Crippen LogP contribution in [0.1, 0.15) is 53.8 Å². The van der Waals surface area contributed by atoms with E-state index in [9.17, 15) is 0 Å². The van der Waals surface area contributed by atoms with Crippen molar-refractivity contribution in [1.82, 2.24) is 9.36 Å². The van der Waals surface area contributed by atoms with E-state index in [0.29, 0.717) is 5.41 Å². The summed E-state index contributed by atoms with van der Waals surface area (Å²) in [6.45, 7) is 14.1. The molecule has 0 amide bonds. The Morgan fingerprint density at radius 1 is 1.12 bits per heavy atom. The molecule has 0 aliphatic carbocycles. The maximum Gasteiger partial charge on any atom is 0.202 e. The van der Waals surface area contributed by atoms with E-state index in [1.807, 2.05) is 0 Å². The van der Waals surface area contributed by atoms with Gasteiger partial charge in [-0.1, -0.05) is 41.5 Å². The fraction of sp³-hybridized carbons (Fsp3) is 0.833. The van der Waals surface area contributed by atoms with Gasteiger partial charge in [0, 0.05) is 23.5 Å². The van der Waals surface area contributed by atoms with Crippen molar-refractivity contribution in [2.24, 2.45) is 5.41 Å². The number of hydrogen-bond donors (Lipinski definition) is 1. The molecular formula is C12H23N3S. The van der Waals surface area contributed by atoms with Gasteiger partial charge in [0.1, 0.15) is 5.82 Å². The van der Waals surface area contributed by atoms with E-state index in [1.165, 1.54) is 11.5 Å². The number of hydrogen-bond acceptors (Lipinski definition) is 4. The first-order valence-corrected chi connectivity index (χ1v) is 6.54. The lowest BCUT2D eigenvalue weighted by atomic mass is 9.92. The standard InChI is InChI=1S/C12H23N3S/c1-11(2,3)7-8-13-10-14-9(15-16-10)12(4,5)6/h7-8H2,1-6H3,(H,13,14,15). The van der Waals surface area contributed by atoms with Crippen LogP contribution in [-0.2, 0) is 5.41 Å². The van der Waals surface area contributed by atoms with Gasteiger partial charge in [0.15, 0.2) is 0 Å². The summed E-state index contributed by atoms with van der Waals surface area (Å²) < 4.78 is 4.37. The summed E-state index contributed by atoms with van der Waals surface area (Å²) in [4.78, 5) is 4.50. The molecule has 0 aliphatic heterocycles. The van der Waals surface area contributed by atoms with Gasteiger partial charge in [-0.15, -0.1) is 0 Å². The minimum atomic E-state index is 0.0421. The van der Waals surface area contributed by atoms with E-state index in [2.05, 4.69) is 56.2 Å². The highest BCUT2D eigenvalue weighted by Gasteiger charge is 2.19. The third kappa shape index (κ3) is 4.47. The zero-order valence-electron chi connectivity index (χ0n) is 11.2. The molecule has 1 N–H and O–H groups in total. The lowest BCUT2D eigenvalue weighted by molar-refractivity contribution is 0.389. The molecule has 4 heteroatoms. The second-order valence-electron chi connectivity index (χ2n) is 6.41. The highest BCUT2D eigenvalue weighted by molar-refractivity contribution is 7.09. The molecule has 0 atom stereocenters. The second-order valence-corrected chi connectivity index (χ2v) is 7.16. The van der Waals surface area contributed by atoms with Crippen LogP contribution in [0.4, 0.5) is 5.13 Å². The zero-order chi connectivity index (χ0) is 12.4. The lowest BCUT2D eigenvalue weighted by Crippen LogP contribution is -2.14.